The Balaban J connectivity index is 1.52. The van der Waals surface area contributed by atoms with Crippen molar-refractivity contribution in [2.75, 3.05) is 13.7 Å². The van der Waals surface area contributed by atoms with Gasteiger partial charge in [-0.2, -0.15) is 5.10 Å². The molecule has 2 fully saturated rings. The topological polar surface area (TPSA) is 52.4 Å². The smallest absolute Gasteiger partial charge is 0.213 e. The summed E-state index contributed by atoms with van der Waals surface area (Å²) in [6.45, 7) is 3.82. The molecule has 1 saturated heterocycles. The van der Waals surface area contributed by atoms with Gasteiger partial charge in [-0.3, -0.25) is 9.58 Å². The van der Waals surface area contributed by atoms with Crippen LogP contribution in [0.15, 0.2) is 24.4 Å². The number of methoxy groups -OCH3 is 1. The number of aryl methyl sites for hydroxylation is 2. The van der Waals surface area contributed by atoms with Crippen LogP contribution < -0.4 is 4.74 Å². The highest BCUT2D eigenvalue weighted by atomic mass is 35.5. The normalized spacial score (nSPS) is 28.3. The molecule has 6 nitrogen and oxygen atoms in total. The van der Waals surface area contributed by atoms with Crippen LogP contribution >= 0.6 is 11.6 Å². The largest absolute Gasteiger partial charge is 0.474 e. The zero-order valence-electron chi connectivity index (χ0n) is 16.2. The molecule has 0 bridgehead atoms. The van der Waals surface area contributed by atoms with Crippen LogP contribution in [0.5, 0.6) is 5.88 Å². The fourth-order valence-corrected chi connectivity index (χ4v) is 4.93. The van der Waals surface area contributed by atoms with E-state index in [2.05, 4.69) is 15.0 Å². The summed E-state index contributed by atoms with van der Waals surface area (Å²) in [5, 5.41) is 5.18. The molecule has 1 saturated carbocycles. The number of aromatic nitrogens is 3. The fraction of sp³-hybridized carbons (Fsp3) is 0.600. The van der Waals surface area contributed by atoms with Gasteiger partial charge in [-0.25, -0.2) is 4.98 Å². The molecule has 2 aromatic rings. The molecule has 0 amide bonds. The molecule has 0 radical (unpaired) electrons. The van der Waals surface area contributed by atoms with E-state index in [1.54, 1.807) is 10.9 Å². The molecule has 27 heavy (non-hydrogen) atoms. The molecule has 0 aromatic carbocycles. The molecular formula is C20H27ClN4O2. The molecule has 3 heterocycles. The third-order valence-corrected chi connectivity index (χ3v) is 6.68. The second-order valence-corrected chi connectivity index (χ2v) is 8.02. The predicted molar refractivity (Wildman–Crippen MR) is 104 cm³/mol. The van der Waals surface area contributed by atoms with Crippen LogP contribution in [-0.2, 0) is 18.3 Å². The lowest BCUT2D eigenvalue weighted by molar-refractivity contribution is -0.0843. The van der Waals surface area contributed by atoms with Crippen molar-refractivity contribution in [2.24, 2.45) is 7.05 Å². The number of rotatable bonds is 5. The molecule has 3 atom stereocenters. The van der Waals surface area contributed by atoms with Crippen LogP contribution in [0.3, 0.4) is 0 Å². The number of halogens is 1. The van der Waals surface area contributed by atoms with Crippen LogP contribution in [0.4, 0.5) is 0 Å². The van der Waals surface area contributed by atoms with Gasteiger partial charge in [0.25, 0.3) is 0 Å². The van der Waals surface area contributed by atoms with Gasteiger partial charge >= 0.3 is 0 Å². The fourth-order valence-electron chi connectivity index (χ4n) is 4.70. The Morgan fingerprint density at radius 3 is 2.85 bits per heavy atom. The quantitative estimate of drug-likeness (QED) is 0.783. The molecule has 2 aliphatic rings. The van der Waals surface area contributed by atoms with E-state index in [4.69, 9.17) is 21.1 Å². The van der Waals surface area contributed by atoms with Crippen LogP contribution in [0.2, 0.25) is 5.15 Å². The van der Waals surface area contributed by atoms with Crippen molar-refractivity contribution in [1.29, 1.82) is 0 Å². The molecule has 7 heteroatoms. The van der Waals surface area contributed by atoms with E-state index in [0.29, 0.717) is 11.9 Å². The lowest BCUT2D eigenvalue weighted by Crippen LogP contribution is -2.52. The second kappa shape index (κ2) is 7.41. The maximum Gasteiger partial charge on any atom is 0.213 e. The number of hydrogen-bond acceptors (Lipinski definition) is 5. The van der Waals surface area contributed by atoms with Crippen LogP contribution in [0.1, 0.15) is 36.9 Å². The molecule has 2 unspecified atom stereocenters. The molecule has 1 aliphatic carbocycles. The number of pyridine rings is 1. The average molecular weight is 391 g/mol. The SMILES string of the molecule is CO[C@@]12CCC(Oc3ccccn3)CC1N(Cc1c(C)nn(C)c1Cl)CC2. The van der Waals surface area contributed by atoms with Crippen LogP contribution in [-0.4, -0.2) is 51.1 Å². The molecular weight excluding hydrogens is 364 g/mol. The van der Waals surface area contributed by atoms with Crippen molar-refractivity contribution < 1.29 is 9.47 Å². The Labute approximate surface area is 165 Å². The monoisotopic (exact) mass is 390 g/mol. The van der Waals surface area contributed by atoms with Gasteiger partial charge in [0.2, 0.25) is 5.88 Å². The first kappa shape index (κ1) is 18.7. The van der Waals surface area contributed by atoms with Gasteiger partial charge in [0, 0.05) is 57.5 Å². The summed E-state index contributed by atoms with van der Waals surface area (Å²) in [5.41, 5.74) is 2.01. The first-order valence-corrected chi connectivity index (χ1v) is 9.95. The number of fused-ring (bicyclic) bond motifs is 1. The molecule has 2 aromatic heterocycles. The van der Waals surface area contributed by atoms with E-state index >= 15 is 0 Å². The predicted octanol–water partition coefficient (Wildman–Crippen LogP) is 3.37. The second-order valence-electron chi connectivity index (χ2n) is 7.67. The Bertz CT molecular complexity index is 797. The van der Waals surface area contributed by atoms with E-state index in [-0.39, 0.29) is 11.7 Å². The summed E-state index contributed by atoms with van der Waals surface area (Å²) in [7, 11) is 3.73. The maximum atomic E-state index is 6.48. The number of ether oxygens (including phenoxy) is 2. The molecule has 1 aliphatic heterocycles. The van der Waals surface area contributed by atoms with E-state index in [1.165, 1.54) is 0 Å². The summed E-state index contributed by atoms with van der Waals surface area (Å²) in [6, 6.07) is 6.09. The minimum atomic E-state index is -0.0907. The van der Waals surface area contributed by atoms with Gasteiger partial charge in [-0.05, 0) is 32.3 Å². The molecule has 0 N–H and O–H groups in total. The highest BCUT2D eigenvalue weighted by Gasteiger charge is 2.51. The van der Waals surface area contributed by atoms with Crippen molar-refractivity contribution >= 4 is 11.6 Å². The number of hydrogen-bond donors (Lipinski definition) is 0. The van der Waals surface area contributed by atoms with E-state index < -0.39 is 0 Å². The highest BCUT2D eigenvalue weighted by molar-refractivity contribution is 6.30. The van der Waals surface area contributed by atoms with Gasteiger partial charge in [0.05, 0.1) is 11.3 Å². The first-order chi connectivity index (χ1) is 13.0. The lowest BCUT2D eigenvalue weighted by Gasteiger charge is -2.43. The van der Waals surface area contributed by atoms with Crippen molar-refractivity contribution in [2.45, 2.75) is 56.9 Å². The van der Waals surface area contributed by atoms with Crippen molar-refractivity contribution in [3.63, 3.8) is 0 Å². The minimum absolute atomic E-state index is 0.0907. The van der Waals surface area contributed by atoms with Gasteiger partial charge in [-0.15, -0.1) is 0 Å². The summed E-state index contributed by atoms with van der Waals surface area (Å²) < 4.78 is 14.0. The van der Waals surface area contributed by atoms with Gasteiger partial charge in [-0.1, -0.05) is 17.7 Å². The summed E-state index contributed by atoms with van der Waals surface area (Å²) in [5.74, 6) is 0.697. The van der Waals surface area contributed by atoms with Crippen molar-refractivity contribution in [3.05, 3.63) is 40.8 Å². The number of likely N-dealkylation sites (tertiary alicyclic amines) is 1. The van der Waals surface area contributed by atoms with E-state index in [1.807, 2.05) is 39.3 Å². The van der Waals surface area contributed by atoms with Crippen LogP contribution in [0, 0.1) is 6.92 Å². The van der Waals surface area contributed by atoms with Gasteiger partial charge in [0.1, 0.15) is 11.3 Å². The van der Waals surface area contributed by atoms with Crippen molar-refractivity contribution in [1.82, 2.24) is 19.7 Å². The summed E-state index contributed by atoms with van der Waals surface area (Å²) >= 11 is 6.48. The zero-order valence-corrected chi connectivity index (χ0v) is 16.9. The molecule has 146 valence electrons. The minimum Gasteiger partial charge on any atom is -0.474 e. The summed E-state index contributed by atoms with van der Waals surface area (Å²) in [4.78, 5) is 6.81. The first-order valence-electron chi connectivity index (χ1n) is 9.57. The third-order valence-electron chi connectivity index (χ3n) is 6.21. The highest BCUT2D eigenvalue weighted by Crippen LogP contribution is 2.44. The third kappa shape index (κ3) is 3.46. The average Bonchev–Trinajstić information content (AvgIpc) is 3.15. The van der Waals surface area contributed by atoms with Crippen LogP contribution in [0.25, 0.3) is 0 Å². The lowest BCUT2D eigenvalue weighted by atomic mass is 9.79. The number of nitrogens with zero attached hydrogens (tertiary/aromatic N) is 4. The van der Waals surface area contributed by atoms with Gasteiger partial charge < -0.3 is 9.47 Å². The Morgan fingerprint density at radius 2 is 2.19 bits per heavy atom. The summed E-state index contributed by atoms with van der Waals surface area (Å²) in [6.07, 6.45) is 5.89. The Kier molecular flexibility index (Phi) is 5.14. The van der Waals surface area contributed by atoms with Crippen molar-refractivity contribution in [3.8, 4) is 5.88 Å². The zero-order chi connectivity index (χ0) is 19.0. The van der Waals surface area contributed by atoms with E-state index in [0.717, 1.165) is 55.2 Å². The molecule has 0 spiro atoms. The van der Waals surface area contributed by atoms with E-state index in [9.17, 15) is 0 Å². The van der Waals surface area contributed by atoms with Gasteiger partial charge in [0.15, 0.2) is 0 Å². The Morgan fingerprint density at radius 1 is 1.33 bits per heavy atom. The maximum absolute atomic E-state index is 6.48. The standard InChI is InChI=1S/C20H27ClN4O2/c1-14-16(19(21)24(2)23-14)13-25-11-9-20(26-3)8-7-15(12-17(20)25)27-18-6-4-5-10-22-18/h4-6,10,15,17H,7-9,11-13H2,1-3H3/t15?,17?,20-/m1/s1. The Hall–Kier alpha value is -1.63. The molecule has 4 rings (SSSR count).